The van der Waals surface area contributed by atoms with Crippen molar-refractivity contribution in [3.8, 4) is 0 Å². The SMILES string of the molecule is C[C@H](NCc1ccccn1)C(=O)Nc1cc(Cl)c(Cl)cc1Cl. The van der Waals surface area contributed by atoms with Crippen LogP contribution in [-0.2, 0) is 11.3 Å². The number of carbonyl (C=O) groups excluding carboxylic acids is 1. The predicted molar refractivity (Wildman–Crippen MR) is 90.6 cm³/mol. The molecule has 1 atom stereocenters. The molecule has 2 N–H and O–H groups in total. The fourth-order valence-corrected chi connectivity index (χ4v) is 2.31. The maximum absolute atomic E-state index is 12.2. The van der Waals surface area contributed by atoms with Gasteiger partial charge in [0.2, 0.25) is 5.91 Å². The van der Waals surface area contributed by atoms with Crippen LogP contribution in [0.1, 0.15) is 12.6 Å². The van der Waals surface area contributed by atoms with Gasteiger partial charge < -0.3 is 10.6 Å². The van der Waals surface area contributed by atoms with Crippen molar-refractivity contribution in [3.63, 3.8) is 0 Å². The number of anilines is 1. The quantitative estimate of drug-likeness (QED) is 0.789. The van der Waals surface area contributed by atoms with Crippen LogP contribution in [0, 0.1) is 0 Å². The highest BCUT2D eigenvalue weighted by Gasteiger charge is 2.15. The van der Waals surface area contributed by atoms with Crippen molar-refractivity contribution in [1.82, 2.24) is 10.3 Å². The van der Waals surface area contributed by atoms with Gasteiger partial charge in [0.1, 0.15) is 0 Å². The lowest BCUT2D eigenvalue weighted by atomic mass is 10.2. The van der Waals surface area contributed by atoms with E-state index in [1.54, 1.807) is 13.1 Å². The van der Waals surface area contributed by atoms with Gasteiger partial charge in [-0.3, -0.25) is 9.78 Å². The second-order valence-electron chi connectivity index (χ2n) is 4.66. The van der Waals surface area contributed by atoms with Crippen molar-refractivity contribution in [3.05, 3.63) is 57.3 Å². The summed E-state index contributed by atoms with van der Waals surface area (Å²) in [6.07, 6.45) is 1.71. The van der Waals surface area contributed by atoms with E-state index in [0.29, 0.717) is 27.3 Å². The Labute approximate surface area is 143 Å². The minimum absolute atomic E-state index is 0.226. The summed E-state index contributed by atoms with van der Waals surface area (Å²) in [5.41, 5.74) is 1.28. The van der Waals surface area contributed by atoms with E-state index in [2.05, 4.69) is 15.6 Å². The number of nitrogens with one attached hydrogen (secondary N) is 2. The molecule has 0 saturated heterocycles. The van der Waals surface area contributed by atoms with E-state index in [4.69, 9.17) is 34.8 Å². The highest BCUT2D eigenvalue weighted by atomic mass is 35.5. The predicted octanol–water partition coefficient (Wildman–Crippen LogP) is 4.16. The van der Waals surface area contributed by atoms with Crippen LogP contribution >= 0.6 is 34.8 Å². The molecular formula is C15H14Cl3N3O. The molecular weight excluding hydrogens is 345 g/mol. The largest absolute Gasteiger partial charge is 0.323 e. The second-order valence-corrected chi connectivity index (χ2v) is 5.88. The van der Waals surface area contributed by atoms with Gasteiger partial charge in [0.25, 0.3) is 0 Å². The molecule has 0 bridgehead atoms. The Balaban J connectivity index is 1.95. The first-order valence-electron chi connectivity index (χ1n) is 6.56. The summed E-state index contributed by atoms with van der Waals surface area (Å²) in [4.78, 5) is 16.3. The zero-order chi connectivity index (χ0) is 16.1. The van der Waals surface area contributed by atoms with E-state index in [0.717, 1.165) is 5.69 Å². The van der Waals surface area contributed by atoms with Crippen molar-refractivity contribution in [1.29, 1.82) is 0 Å². The third-order valence-corrected chi connectivity index (χ3v) is 4.01. The van der Waals surface area contributed by atoms with Crippen LogP contribution in [0.5, 0.6) is 0 Å². The van der Waals surface area contributed by atoms with Gasteiger partial charge in [0.05, 0.1) is 32.5 Å². The topological polar surface area (TPSA) is 54.0 Å². The molecule has 0 aliphatic rings. The minimum atomic E-state index is -0.424. The minimum Gasteiger partial charge on any atom is -0.323 e. The van der Waals surface area contributed by atoms with Crippen LogP contribution in [0.15, 0.2) is 36.5 Å². The second kappa shape index (κ2) is 7.79. The van der Waals surface area contributed by atoms with Crippen LogP contribution in [0.2, 0.25) is 15.1 Å². The highest BCUT2D eigenvalue weighted by Crippen LogP contribution is 2.32. The van der Waals surface area contributed by atoms with Gasteiger partial charge in [0.15, 0.2) is 0 Å². The molecule has 0 aliphatic carbocycles. The van der Waals surface area contributed by atoms with Crippen LogP contribution < -0.4 is 10.6 Å². The van der Waals surface area contributed by atoms with Gasteiger partial charge in [-0.2, -0.15) is 0 Å². The molecule has 0 radical (unpaired) electrons. The van der Waals surface area contributed by atoms with E-state index in [1.807, 2.05) is 18.2 Å². The maximum atomic E-state index is 12.2. The fraction of sp³-hybridized carbons (Fsp3) is 0.200. The lowest BCUT2D eigenvalue weighted by molar-refractivity contribution is -0.117. The molecule has 2 aromatic rings. The Bertz CT molecular complexity index is 665. The number of halogens is 3. The first-order valence-corrected chi connectivity index (χ1v) is 7.69. The molecule has 0 fully saturated rings. The zero-order valence-corrected chi connectivity index (χ0v) is 14.0. The van der Waals surface area contributed by atoms with Gasteiger partial charge in [0, 0.05) is 12.7 Å². The van der Waals surface area contributed by atoms with E-state index in [9.17, 15) is 4.79 Å². The molecule has 0 saturated carbocycles. The van der Waals surface area contributed by atoms with Gasteiger partial charge in [-0.05, 0) is 31.2 Å². The van der Waals surface area contributed by atoms with E-state index in [1.165, 1.54) is 12.1 Å². The first-order chi connectivity index (χ1) is 10.5. The van der Waals surface area contributed by atoms with Crippen LogP contribution in [0.25, 0.3) is 0 Å². The van der Waals surface area contributed by atoms with Crippen molar-refractivity contribution < 1.29 is 4.79 Å². The summed E-state index contributed by atoms with van der Waals surface area (Å²) < 4.78 is 0. The molecule has 1 amide bonds. The van der Waals surface area contributed by atoms with Gasteiger partial charge in [-0.25, -0.2) is 0 Å². The van der Waals surface area contributed by atoms with Crippen LogP contribution in [0.4, 0.5) is 5.69 Å². The smallest absolute Gasteiger partial charge is 0.241 e. The zero-order valence-electron chi connectivity index (χ0n) is 11.7. The number of hydrogen-bond acceptors (Lipinski definition) is 3. The summed E-state index contributed by atoms with van der Waals surface area (Å²) in [6.45, 7) is 2.24. The van der Waals surface area contributed by atoms with Crippen LogP contribution in [-0.4, -0.2) is 16.9 Å². The number of nitrogens with zero attached hydrogens (tertiary/aromatic N) is 1. The highest BCUT2D eigenvalue weighted by molar-refractivity contribution is 6.44. The van der Waals surface area contributed by atoms with Gasteiger partial charge in [-0.1, -0.05) is 40.9 Å². The monoisotopic (exact) mass is 357 g/mol. The Kier molecular flexibility index (Phi) is 6.03. The van der Waals surface area contributed by atoms with Crippen molar-refractivity contribution in [2.24, 2.45) is 0 Å². The first kappa shape index (κ1) is 17.0. The molecule has 1 aromatic heterocycles. The molecule has 0 unspecified atom stereocenters. The number of pyridine rings is 1. The summed E-state index contributed by atoms with van der Waals surface area (Å²) in [5.74, 6) is -0.226. The number of aromatic nitrogens is 1. The molecule has 4 nitrogen and oxygen atoms in total. The van der Waals surface area contributed by atoms with E-state index in [-0.39, 0.29) is 5.91 Å². The fourth-order valence-electron chi connectivity index (χ4n) is 1.71. The summed E-state index contributed by atoms with van der Waals surface area (Å²) >= 11 is 17.8. The van der Waals surface area contributed by atoms with Crippen molar-refractivity contribution in [2.75, 3.05) is 5.32 Å². The lowest BCUT2D eigenvalue weighted by Gasteiger charge is -2.15. The van der Waals surface area contributed by atoms with Crippen LogP contribution in [0.3, 0.4) is 0 Å². The average molecular weight is 359 g/mol. The number of hydrogen-bond donors (Lipinski definition) is 2. The molecule has 0 aliphatic heterocycles. The van der Waals surface area contributed by atoms with Gasteiger partial charge in [-0.15, -0.1) is 0 Å². The Morgan fingerprint density at radius 1 is 1.18 bits per heavy atom. The Morgan fingerprint density at radius 2 is 1.91 bits per heavy atom. The average Bonchev–Trinajstić information content (AvgIpc) is 2.51. The standard InChI is InChI=1S/C15H14Cl3N3O/c1-9(20-8-10-4-2-3-5-19-10)15(22)21-14-7-12(17)11(16)6-13(14)18/h2-7,9,20H,8H2,1H3,(H,21,22)/t9-/m0/s1. The molecule has 7 heteroatoms. The third-order valence-electron chi connectivity index (χ3n) is 2.98. The number of amides is 1. The lowest BCUT2D eigenvalue weighted by Crippen LogP contribution is -2.37. The molecule has 2 rings (SSSR count). The number of carbonyl (C=O) groups is 1. The molecule has 22 heavy (non-hydrogen) atoms. The molecule has 116 valence electrons. The Morgan fingerprint density at radius 3 is 2.59 bits per heavy atom. The maximum Gasteiger partial charge on any atom is 0.241 e. The van der Waals surface area contributed by atoms with Crippen molar-refractivity contribution in [2.45, 2.75) is 19.5 Å². The third kappa shape index (κ3) is 4.58. The Hall–Kier alpha value is -1.33. The summed E-state index contributed by atoms with van der Waals surface area (Å²) in [6, 6.07) is 8.21. The van der Waals surface area contributed by atoms with Gasteiger partial charge >= 0.3 is 0 Å². The molecule has 1 heterocycles. The van der Waals surface area contributed by atoms with Crippen molar-refractivity contribution >= 4 is 46.4 Å². The van der Waals surface area contributed by atoms with E-state index >= 15 is 0 Å². The summed E-state index contributed by atoms with van der Waals surface area (Å²) in [5, 5.41) is 6.81. The number of benzene rings is 1. The summed E-state index contributed by atoms with van der Waals surface area (Å²) in [7, 11) is 0. The van der Waals surface area contributed by atoms with E-state index < -0.39 is 6.04 Å². The molecule has 0 spiro atoms. The normalized spacial score (nSPS) is 12.0. The number of rotatable bonds is 5. The molecule has 1 aromatic carbocycles.